The number of nitrogens with one attached hydrogen (secondary N) is 2. The Morgan fingerprint density at radius 3 is 2.64 bits per heavy atom. The first kappa shape index (κ1) is 22.2. The summed E-state index contributed by atoms with van der Waals surface area (Å²) in [6, 6.07) is 12.1. The minimum absolute atomic E-state index is 0.0254. The molecule has 33 heavy (non-hydrogen) atoms. The summed E-state index contributed by atoms with van der Waals surface area (Å²) >= 11 is 0. The fourth-order valence-corrected chi connectivity index (χ4v) is 3.67. The van der Waals surface area contributed by atoms with Crippen molar-refractivity contribution in [3.8, 4) is 11.4 Å². The number of aromatic nitrogens is 4. The zero-order chi connectivity index (χ0) is 23.4. The Morgan fingerprint density at radius 1 is 1.03 bits per heavy atom. The first-order valence-corrected chi connectivity index (χ1v) is 11.7. The lowest BCUT2D eigenvalue weighted by molar-refractivity contribution is 0.0950. The largest absolute Gasteiger partial charge is 0.377 e. The summed E-state index contributed by atoms with van der Waals surface area (Å²) < 4.78 is 23.4. The SMILES string of the molecule is CS(=O)(=O)c1cncc(C(=O)NCc2cc3nc(-c4cccc(NCO)n4)ccc3cn2)c1. The molecule has 0 bridgehead atoms. The van der Waals surface area contributed by atoms with E-state index in [0.717, 1.165) is 11.6 Å². The Kier molecular flexibility index (Phi) is 6.24. The fourth-order valence-electron chi connectivity index (χ4n) is 3.07. The Morgan fingerprint density at radius 2 is 1.85 bits per heavy atom. The number of hydrogen-bond donors (Lipinski definition) is 3. The Balaban J connectivity index is 1.53. The van der Waals surface area contributed by atoms with E-state index in [9.17, 15) is 13.2 Å². The van der Waals surface area contributed by atoms with Crippen LogP contribution in [0.4, 0.5) is 5.82 Å². The van der Waals surface area contributed by atoms with Gasteiger partial charge in [0.2, 0.25) is 0 Å². The zero-order valence-electron chi connectivity index (χ0n) is 17.6. The van der Waals surface area contributed by atoms with E-state index >= 15 is 0 Å². The van der Waals surface area contributed by atoms with Gasteiger partial charge in [0.15, 0.2) is 9.84 Å². The molecule has 0 radical (unpaired) electrons. The van der Waals surface area contributed by atoms with Crippen LogP contribution in [0.15, 0.2) is 66.0 Å². The summed E-state index contributed by atoms with van der Waals surface area (Å²) in [5, 5.41) is 15.3. The van der Waals surface area contributed by atoms with Crippen molar-refractivity contribution < 1.29 is 18.3 Å². The molecule has 0 aliphatic carbocycles. The maximum Gasteiger partial charge on any atom is 0.253 e. The van der Waals surface area contributed by atoms with Crippen LogP contribution in [0.3, 0.4) is 0 Å². The molecule has 11 heteroatoms. The molecule has 4 heterocycles. The van der Waals surface area contributed by atoms with Crippen LogP contribution in [0, 0.1) is 0 Å². The molecule has 1 amide bonds. The van der Waals surface area contributed by atoms with Crippen molar-refractivity contribution in [1.29, 1.82) is 0 Å². The van der Waals surface area contributed by atoms with Crippen LogP contribution in [0.25, 0.3) is 22.3 Å². The lowest BCUT2D eigenvalue weighted by Gasteiger charge is -2.08. The van der Waals surface area contributed by atoms with Crippen LogP contribution in [0.5, 0.6) is 0 Å². The molecule has 10 nitrogen and oxygen atoms in total. The molecule has 4 aromatic heterocycles. The highest BCUT2D eigenvalue weighted by Crippen LogP contribution is 2.21. The number of amides is 1. The van der Waals surface area contributed by atoms with Gasteiger partial charge in [0, 0.05) is 30.2 Å². The van der Waals surface area contributed by atoms with Crippen molar-refractivity contribution in [1.82, 2.24) is 25.3 Å². The third-order valence-electron chi connectivity index (χ3n) is 4.74. The minimum atomic E-state index is -3.47. The number of carbonyl (C=O) groups excluding carboxylic acids is 1. The molecule has 0 saturated heterocycles. The van der Waals surface area contributed by atoms with Crippen LogP contribution in [0.2, 0.25) is 0 Å². The monoisotopic (exact) mass is 464 g/mol. The number of nitrogens with zero attached hydrogens (tertiary/aromatic N) is 4. The molecule has 0 saturated carbocycles. The molecule has 4 aromatic rings. The summed E-state index contributed by atoms with van der Waals surface area (Å²) in [5.74, 6) is 0.0680. The number of fused-ring (bicyclic) bond motifs is 1. The highest BCUT2D eigenvalue weighted by Gasteiger charge is 2.13. The maximum atomic E-state index is 12.5. The Labute approximate surface area is 189 Å². The number of carbonyl (C=O) groups is 1. The van der Waals surface area contributed by atoms with Crippen molar-refractivity contribution >= 4 is 32.5 Å². The molecular formula is C22H20N6O4S. The van der Waals surface area contributed by atoms with Crippen LogP contribution in [0.1, 0.15) is 16.1 Å². The predicted octanol–water partition coefficient (Wildman–Crippen LogP) is 1.78. The molecule has 0 spiro atoms. The third kappa shape index (κ3) is 5.27. The molecule has 3 N–H and O–H groups in total. The van der Waals surface area contributed by atoms with E-state index in [1.807, 2.05) is 24.3 Å². The maximum absolute atomic E-state index is 12.5. The van der Waals surface area contributed by atoms with Gasteiger partial charge >= 0.3 is 0 Å². The highest BCUT2D eigenvalue weighted by atomic mass is 32.2. The Hall–Kier alpha value is -3.96. The van der Waals surface area contributed by atoms with Gasteiger partial charge in [-0.3, -0.25) is 14.8 Å². The van der Waals surface area contributed by atoms with Crippen LogP contribution in [-0.2, 0) is 16.4 Å². The minimum Gasteiger partial charge on any atom is -0.377 e. The van der Waals surface area contributed by atoms with Gasteiger partial charge in [-0.15, -0.1) is 0 Å². The number of sulfone groups is 1. The molecule has 0 aliphatic rings. The van der Waals surface area contributed by atoms with Crippen molar-refractivity contribution in [3.05, 3.63) is 72.3 Å². The lowest BCUT2D eigenvalue weighted by atomic mass is 10.2. The first-order valence-electron chi connectivity index (χ1n) is 9.84. The second kappa shape index (κ2) is 9.27. The van der Waals surface area contributed by atoms with Crippen LogP contribution >= 0.6 is 0 Å². The van der Waals surface area contributed by atoms with Gasteiger partial charge < -0.3 is 15.7 Å². The van der Waals surface area contributed by atoms with Crippen molar-refractivity contribution in [2.45, 2.75) is 11.4 Å². The van der Waals surface area contributed by atoms with Crippen molar-refractivity contribution in [2.24, 2.45) is 0 Å². The fraction of sp³-hybridized carbons (Fsp3) is 0.136. The molecular weight excluding hydrogens is 444 g/mol. The molecule has 0 aromatic carbocycles. The van der Waals surface area contributed by atoms with Crippen molar-refractivity contribution in [2.75, 3.05) is 18.3 Å². The van der Waals surface area contributed by atoms with Gasteiger partial charge in [-0.1, -0.05) is 6.07 Å². The van der Waals surface area contributed by atoms with Gasteiger partial charge in [0.05, 0.1) is 39.6 Å². The molecule has 4 rings (SSSR count). The standard InChI is InChI=1S/C22H20N6O4S/c1-33(31,32)17-7-15(9-23-12-17)22(30)25-11-16-8-20-14(10-24-16)5-6-19(27-20)18-3-2-4-21(28-18)26-13-29/h2-10,12,29H,11,13H2,1H3,(H,25,30)(H,26,28). The lowest BCUT2D eigenvalue weighted by Crippen LogP contribution is -2.23. The summed E-state index contributed by atoms with van der Waals surface area (Å²) in [6.45, 7) is -0.102. The van der Waals surface area contributed by atoms with E-state index in [2.05, 4.69) is 30.6 Å². The highest BCUT2D eigenvalue weighted by molar-refractivity contribution is 7.90. The number of aliphatic hydroxyl groups is 1. The molecule has 0 aliphatic heterocycles. The summed E-state index contributed by atoms with van der Waals surface area (Å²) in [7, 11) is -3.47. The molecule has 0 unspecified atom stereocenters. The van der Waals surface area contributed by atoms with E-state index in [-0.39, 0.29) is 23.7 Å². The molecule has 0 atom stereocenters. The number of pyridine rings is 4. The van der Waals surface area contributed by atoms with Gasteiger partial charge in [0.25, 0.3) is 5.91 Å². The number of hydrogen-bond acceptors (Lipinski definition) is 9. The van der Waals surface area contributed by atoms with Gasteiger partial charge in [-0.05, 0) is 36.4 Å². The van der Waals surface area contributed by atoms with Gasteiger partial charge in [0.1, 0.15) is 12.5 Å². The third-order valence-corrected chi connectivity index (χ3v) is 5.82. The molecule has 168 valence electrons. The topological polar surface area (TPSA) is 147 Å². The van der Waals surface area contributed by atoms with Gasteiger partial charge in [-0.2, -0.15) is 0 Å². The van der Waals surface area contributed by atoms with Crippen LogP contribution in [-0.4, -0.2) is 52.4 Å². The second-order valence-corrected chi connectivity index (χ2v) is 9.19. The summed E-state index contributed by atoms with van der Waals surface area (Å²) in [5.41, 5.74) is 2.68. The Bertz CT molecular complexity index is 1440. The normalized spacial score (nSPS) is 11.3. The number of rotatable bonds is 7. The second-order valence-electron chi connectivity index (χ2n) is 7.17. The number of aliphatic hydroxyl groups excluding tert-OH is 1. The van der Waals surface area contributed by atoms with E-state index in [4.69, 9.17) is 5.11 Å². The predicted molar refractivity (Wildman–Crippen MR) is 122 cm³/mol. The summed E-state index contributed by atoms with van der Waals surface area (Å²) in [4.78, 5) is 29.7. The average Bonchev–Trinajstić information content (AvgIpc) is 2.82. The first-order chi connectivity index (χ1) is 15.8. The quantitative estimate of drug-likeness (QED) is 0.348. The van der Waals surface area contributed by atoms with E-state index in [0.29, 0.717) is 28.4 Å². The van der Waals surface area contributed by atoms with E-state index in [1.165, 1.54) is 18.5 Å². The average molecular weight is 465 g/mol. The van der Waals surface area contributed by atoms with E-state index < -0.39 is 15.7 Å². The van der Waals surface area contributed by atoms with Crippen molar-refractivity contribution in [3.63, 3.8) is 0 Å². The number of anilines is 1. The summed E-state index contributed by atoms with van der Waals surface area (Å²) in [6.07, 6.45) is 5.22. The van der Waals surface area contributed by atoms with Gasteiger partial charge in [-0.25, -0.2) is 18.4 Å². The molecule has 0 fully saturated rings. The zero-order valence-corrected chi connectivity index (χ0v) is 18.4. The van der Waals surface area contributed by atoms with E-state index in [1.54, 1.807) is 18.3 Å². The van der Waals surface area contributed by atoms with Crippen LogP contribution < -0.4 is 10.6 Å². The smallest absolute Gasteiger partial charge is 0.253 e.